The van der Waals surface area contributed by atoms with Crippen molar-refractivity contribution in [3.05, 3.63) is 42.2 Å². The number of carbonyl (C=O) groups excluding carboxylic acids is 2. The topological polar surface area (TPSA) is 101 Å². The van der Waals surface area contributed by atoms with Crippen molar-refractivity contribution in [3.63, 3.8) is 0 Å². The monoisotopic (exact) mass is 330 g/mol. The Kier molecular flexibility index (Phi) is 5.95. The van der Waals surface area contributed by atoms with E-state index in [1.54, 1.807) is 18.9 Å². The Morgan fingerprint density at radius 1 is 1.33 bits per heavy atom. The lowest BCUT2D eigenvalue weighted by Gasteiger charge is -2.21. The van der Waals surface area contributed by atoms with Crippen molar-refractivity contribution in [2.75, 3.05) is 13.6 Å². The summed E-state index contributed by atoms with van der Waals surface area (Å²) in [6.07, 6.45) is 1.41. The quantitative estimate of drug-likeness (QED) is 0.808. The maximum atomic E-state index is 12.0. The molecule has 7 heteroatoms. The van der Waals surface area contributed by atoms with Crippen LogP contribution < -0.4 is 11.1 Å². The summed E-state index contributed by atoms with van der Waals surface area (Å²) >= 11 is 0. The molecule has 2 aromatic rings. The van der Waals surface area contributed by atoms with Crippen LogP contribution in [0, 0.1) is 0 Å². The molecule has 3 N–H and O–H groups in total. The molecule has 1 atom stereocenters. The Labute approximate surface area is 140 Å². The molecule has 3 amide bonds. The number of rotatable bonds is 7. The van der Waals surface area contributed by atoms with Crippen LogP contribution in [-0.4, -0.2) is 41.6 Å². The number of hydrogen-bond acceptors (Lipinski definition) is 4. The minimum Gasteiger partial charge on any atom is -0.361 e. The van der Waals surface area contributed by atoms with Gasteiger partial charge >= 0.3 is 6.03 Å². The standard InChI is InChI=1S/C17H22N4O3/c1-12(19-17(18)23)16(22)21(2)10-6-9-14-11-15(20-24-14)13-7-4-3-5-8-13/h3-5,7-8,11-12H,6,9-10H2,1-2H3,(H3,18,19,23)/t12-/m0/s1. The Balaban J connectivity index is 1.81. The van der Waals surface area contributed by atoms with Gasteiger partial charge in [0.15, 0.2) is 0 Å². The van der Waals surface area contributed by atoms with Crippen molar-refractivity contribution in [1.29, 1.82) is 0 Å². The molecule has 0 bridgehead atoms. The van der Waals surface area contributed by atoms with Crippen LogP contribution in [0.4, 0.5) is 4.79 Å². The third-order valence-corrected chi connectivity index (χ3v) is 3.65. The van der Waals surface area contributed by atoms with Crippen molar-refractivity contribution in [2.45, 2.75) is 25.8 Å². The second-order valence-corrected chi connectivity index (χ2v) is 5.64. The first kappa shape index (κ1) is 17.5. The number of likely N-dealkylation sites (N-methyl/N-ethyl adjacent to an activating group) is 1. The second kappa shape index (κ2) is 8.14. The molecule has 24 heavy (non-hydrogen) atoms. The summed E-state index contributed by atoms with van der Waals surface area (Å²) in [6, 6.07) is 10.4. The van der Waals surface area contributed by atoms with Gasteiger partial charge in [-0.25, -0.2) is 4.79 Å². The first-order chi connectivity index (χ1) is 11.5. The lowest BCUT2D eigenvalue weighted by atomic mass is 10.1. The van der Waals surface area contributed by atoms with E-state index in [2.05, 4.69) is 10.5 Å². The number of aromatic nitrogens is 1. The zero-order valence-electron chi connectivity index (χ0n) is 13.9. The van der Waals surface area contributed by atoms with Crippen LogP contribution in [0.2, 0.25) is 0 Å². The summed E-state index contributed by atoms with van der Waals surface area (Å²) in [4.78, 5) is 24.4. The fourth-order valence-corrected chi connectivity index (χ4v) is 2.38. The molecular weight excluding hydrogens is 308 g/mol. The van der Waals surface area contributed by atoms with Crippen LogP contribution in [-0.2, 0) is 11.2 Å². The molecule has 0 aliphatic carbocycles. The average Bonchev–Trinajstić information content (AvgIpc) is 3.03. The Hall–Kier alpha value is -2.83. The van der Waals surface area contributed by atoms with Crippen LogP contribution in [0.15, 0.2) is 40.9 Å². The molecule has 0 unspecified atom stereocenters. The van der Waals surface area contributed by atoms with Crippen molar-refractivity contribution in [1.82, 2.24) is 15.4 Å². The molecule has 0 fully saturated rings. The molecule has 1 aromatic carbocycles. The van der Waals surface area contributed by atoms with Gasteiger partial charge in [0, 0.05) is 31.6 Å². The Morgan fingerprint density at radius 3 is 2.71 bits per heavy atom. The zero-order chi connectivity index (χ0) is 17.5. The molecule has 0 spiro atoms. The van der Waals surface area contributed by atoms with Gasteiger partial charge in [0.05, 0.1) is 0 Å². The number of urea groups is 1. The fraction of sp³-hybridized carbons (Fsp3) is 0.353. The predicted octanol–water partition coefficient (Wildman–Crippen LogP) is 1.79. The number of aryl methyl sites for hydroxylation is 1. The highest BCUT2D eigenvalue weighted by Gasteiger charge is 2.18. The minimum absolute atomic E-state index is 0.184. The van der Waals surface area contributed by atoms with Gasteiger partial charge in [0.2, 0.25) is 5.91 Å². The summed E-state index contributed by atoms with van der Waals surface area (Å²) in [5.74, 6) is 0.592. The maximum Gasteiger partial charge on any atom is 0.312 e. The largest absolute Gasteiger partial charge is 0.361 e. The van der Waals surface area contributed by atoms with Gasteiger partial charge in [-0.3, -0.25) is 4.79 Å². The van der Waals surface area contributed by atoms with E-state index in [0.29, 0.717) is 13.0 Å². The number of primary amides is 1. The molecule has 2 rings (SSSR count). The fourth-order valence-electron chi connectivity index (χ4n) is 2.38. The third-order valence-electron chi connectivity index (χ3n) is 3.65. The van der Waals surface area contributed by atoms with Crippen LogP contribution in [0.1, 0.15) is 19.1 Å². The summed E-state index contributed by atoms with van der Waals surface area (Å²) < 4.78 is 5.33. The SMILES string of the molecule is C[C@H](NC(N)=O)C(=O)N(C)CCCc1cc(-c2ccccc2)no1. The van der Waals surface area contributed by atoms with Gasteiger partial charge in [-0.05, 0) is 13.3 Å². The van der Waals surface area contributed by atoms with Crippen molar-refractivity contribution >= 4 is 11.9 Å². The highest BCUT2D eigenvalue weighted by molar-refractivity contribution is 5.86. The lowest BCUT2D eigenvalue weighted by molar-refractivity contribution is -0.131. The predicted molar refractivity (Wildman–Crippen MR) is 90.1 cm³/mol. The van der Waals surface area contributed by atoms with E-state index in [9.17, 15) is 9.59 Å². The number of amides is 3. The second-order valence-electron chi connectivity index (χ2n) is 5.64. The number of benzene rings is 1. The first-order valence-corrected chi connectivity index (χ1v) is 7.79. The molecule has 0 aliphatic rings. The van der Waals surface area contributed by atoms with Crippen LogP contribution >= 0.6 is 0 Å². The minimum atomic E-state index is -0.709. The zero-order valence-corrected chi connectivity index (χ0v) is 13.9. The number of hydrogen-bond donors (Lipinski definition) is 2. The third kappa shape index (κ3) is 4.84. The summed E-state index contributed by atoms with van der Waals surface area (Å²) in [7, 11) is 1.69. The van der Waals surface area contributed by atoms with Crippen molar-refractivity contribution in [3.8, 4) is 11.3 Å². The molecule has 1 aromatic heterocycles. The highest BCUT2D eigenvalue weighted by atomic mass is 16.5. The van der Waals surface area contributed by atoms with E-state index in [0.717, 1.165) is 23.4 Å². The Bertz CT molecular complexity index is 684. The van der Waals surface area contributed by atoms with E-state index in [1.165, 1.54) is 0 Å². The molecular formula is C17H22N4O3. The van der Waals surface area contributed by atoms with Gasteiger partial charge in [-0.15, -0.1) is 0 Å². The average molecular weight is 330 g/mol. The molecule has 7 nitrogen and oxygen atoms in total. The van der Waals surface area contributed by atoms with E-state index >= 15 is 0 Å². The number of nitrogens with two attached hydrogens (primary N) is 1. The molecule has 0 aliphatic heterocycles. The first-order valence-electron chi connectivity index (χ1n) is 7.79. The Morgan fingerprint density at radius 2 is 2.04 bits per heavy atom. The molecule has 0 saturated carbocycles. The van der Waals surface area contributed by atoms with E-state index in [-0.39, 0.29) is 5.91 Å². The molecule has 0 saturated heterocycles. The van der Waals surface area contributed by atoms with Crippen molar-refractivity contribution in [2.24, 2.45) is 5.73 Å². The molecule has 0 radical (unpaired) electrons. The van der Waals surface area contributed by atoms with E-state index in [1.807, 2.05) is 36.4 Å². The number of carbonyl (C=O) groups is 2. The van der Waals surface area contributed by atoms with Gasteiger partial charge in [-0.1, -0.05) is 35.5 Å². The van der Waals surface area contributed by atoms with Gasteiger partial charge in [0.1, 0.15) is 17.5 Å². The van der Waals surface area contributed by atoms with Gasteiger partial charge in [-0.2, -0.15) is 0 Å². The smallest absolute Gasteiger partial charge is 0.312 e. The lowest BCUT2D eigenvalue weighted by Crippen LogP contribution is -2.47. The normalized spacial score (nSPS) is 11.8. The van der Waals surface area contributed by atoms with E-state index in [4.69, 9.17) is 10.3 Å². The van der Waals surface area contributed by atoms with Crippen LogP contribution in [0.3, 0.4) is 0 Å². The number of nitrogens with one attached hydrogen (secondary N) is 1. The number of nitrogens with zero attached hydrogens (tertiary/aromatic N) is 2. The summed E-state index contributed by atoms with van der Waals surface area (Å²) in [5, 5.41) is 6.44. The van der Waals surface area contributed by atoms with Crippen LogP contribution in [0.25, 0.3) is 11.3 Å². The summed E-state index contributed by atoms with van der Waals surface area (Å²) in [5.41, 5.74) is 6.82. The van der Waals surface area contributed by atoms with Crippen molar-refractivity contribution < 1.29 is 14.1 Å². The molecule has 128 valence electrons. The van der Waals surface area contributed by atoms with Crippen LogP contribution in [0.5, 0.6) is 0 Å². The maximum absolute atomic E-state index is 12.0. The van der Waals surface area contributed by atoms with Gasteiger partial charge in [0.25, 0.3) is 0 Å². The highest BCUT2D eigenvalue weighted by Crippen LogP contribution is 2.19. The van der Waals surface area contributed by atoms with Gasteiger partial charge < -0.3 is 20.5 Å². The summed E-state index contributed by atoms with van der Waals surface area (Å²) in [6.45, 7) is 2.15. The molecule has 1 heterocycles. The van der Waals surface area contributed by atoms with E-state index < -0.39 is 12.1 Å².